The molecule has 0 aliphatic heterocycles. The van der Waals surface area contributed by atoms with E-state index in [2.05, 4.69) is 5.32 Å². The van der Waals surface area contributed by atoms with Crippen molar-refractivity contribution in [2.45, 2.75) is 25.2 Å². The molecule has 0 bridgehead atoms. The Kier molecular flexibility index (Phi) is 5.42. The number of hydrogen-bond acceptors (Lipinski definition) is 2. The number of alkyl halides is 4. The molecule has 2 nitrogen and oxygen atoms in total. The minimum atomic E-state index is -4.17. The second-order valence-electron chi connectivity index (χ2n) is 2.63. The number of rotatable bonds is 4. The van der Waals surface area contributed by atoms with Crippen molar-refractivity contribution in [2.24, 2.45) is 5.73 Å². The van der Waals surface area contributed by atoms with Crippen molar-refractivity contribution in [2.75, 3.05) is 11.0 Å². The summed E-state index contributed by atoms with van der Waals surface area (Å²) in [6, 6.07) is -1.69. The first-order valence-corrected chi connectivity index (χ1v) is 5.02. The summed E-state index contributed by atoms with van der Waals surface area (Å²) in [6.45, 7) is 1.85. The van der Waals surface area contributed by atoms with Crippen LogP contribution in [0, 0.1) is 0 Å². The molecule has 3 N–H and O–H groups in total. The fourth-order valence-corrected chi connectivity index (χ4v) is 1.40. The van der Waals surface area contributed by atoms with E-state index in [1.165, 1.54) is 0 Å². The van der Waals surface area contributed by atoms with Crippen molar-refractivity contribution in [3.05, 3.63) is 0 Å². The molecule has 0 saturated carbocycles. The largest absolute Gasteiger partial charge is 0.404 e. The van der Waals surface area contributed by atoms with Crippen LogP contribution in [0.2, 0.25) is 0 Å². The first-order valence-electron chi connectivity index (χ1n) is 3.49. The van der Waals surface area contributed by atoms with Gasteiger partial charge in [-0.1, -0.05) is 22.6 Å². The van der Waals surface area contributed by atoms with E-state index < -0.39 is 12.2 Å². The highest BCUT2D eigenvalue weighted by molar-refractivity contribution is 14.1. The number of hydrogen-bond donors (Lipinski definition) is 2. The molecule has 74 valence electrons. The predicted octanol–water partition coefficient (Wildman–Crippen LogP) is 1.29. The molecule has 0 fully saturated rings. The van der Waals surface area contributed by atoms with E-state index in [0.717, 1.165) is 0 Å². The van der Waals surface area contributed by atoms with Gasteiger partial charge in [-0.3, -0.25) is 0 Å². The number of nitrogens with two attached hydrogens (primary N) is 1. The van der Waals surface area contributed by atoms with E-state index in [0.29, 0.717) is 0 Å². The summed E-state index contributed by atoms with van der Waals surface area (Å²) in [5.74, 6) is 0. The molecule has 0 spiro atoms. The van der Waals surface area contributed by atoms with Gasteiger partial charge in [-0.05, 0) is 6.92 Å². The highest BCUT2D eigenvalue weighted by Gasteiger charge is 2.38. The molecule has 12 heavy (non-hydrogen) atoms. The van der Waals surface area contributed by atoms with E-state index in [1.54, 1.807) is 29.5 Å². The highest BCUT2D eigenvalue weighted by Crippen LogP contribution is 2.21. The van der Waals surface area contributed by atoms with Crippen LogP contribution in [0.3, 0.4) is 0 Å². The van der Waals surface area contributed by atoms with E-state index >= 15 is 0 Å². The van der Waals surface area contributed by atoms with Crippen LogP contribution in [-0.2, 0) is 0 Å². The Morgan fingerprint density at radius 1 is 1.50 bits per heavy atom. The summed E-state index contributed by atoms with van der Waals surface area (Å²) in [6.07, 6.45) is -4.17. The molecule has 0 aliphatic rings. The first-order chi connectivity index (χ1) is 5.38. The average molecular weight is 296 g/mol. The Labute approximate surface area is 83.2 Å². The van der Waals surface area contributed by atoms with Crippen LogP contribution in [0.15, 0.2) is 0 Å². The van der Waals surface area contributed by atoms with Crippen LogP contribution in [0.5, 0.6) is 0 Å². The first kappa shape index (κ1) is 12.4. The third kappa shape index (κ3) is 5.15. The van der Waals surface area contributed by atoms with Crippen molar-refractivity contribution in [1.82, 2.24) is 5.32 Å². The lowest BCUT2D eigenvalue weighted by molar-refractivity contribution is -0.149. The summed E-state index contributed by atoms with van der Waals surface area (Å²) in [5, 5.41) is 2.35. The predicted molar refractivity (Wildman–Crippen MR) is 50.4 cm³/mol. The van der Waals surface area contributed by atoms with Crippen LogP contribution in [0.4, 0.5) is 13.2 Å². The summed E-state index contributed by atoms with van der Waals surface area (Å²) in [4.78, 5) is 0. The zero-order valence-corrected chi connectivity index (χ0v) is 8.82. The second kappa shape index (κ2) is 5.23. The molecule has 1 unspecified atom stereocenters. The van der Waals surface area contributed by atoms with E-state index in [9.17, 15) is 13.2 Å². The third-order valence-electron chi connectivity index (χ3n) is 1.24. The van der Waals surface area contributed by atoms with Gasteiger partial charge < -0.3 is 11.1 Å². The lowest BCUT2D eigenvalue weighted by atomic mass is 10.3. The van der Waals surface area contributed by atoms with Gasteiger partial charge in [0.1, 0.15) is 6.04 Å². The Hall–Kier alpha value is 0.440. The summed E-state index contributed by atoms with van der Waals surface area (Å²) < 4.78 is 36.2. The molecule has 0 aromatic rings. The smallest absolute Gasteiger partial charge is 0.327 e. The Morgan fingerprint density at radius 2 is 2.00 bits per heavy atom. The van der Waals surface area contributed by atoms with Crippen molar-refractivity contribution < 1.29 is 13.2 Å². The molecular weight excluding hydrogens is 284 g/mol. The lowest BCUT2D eigenvalue weighted by Gasteiger charge is -2.20. The van der Waals surface area contributed by atoms with Crippen LogP contribution in [0.25, 0.3) is 0 Å². The molecule has 0 rings (SSSR count). The molecule has 0 radical (unpaired) electrons. The van der Waals surface area contributed by atoms with Gasteiger partial charge in [-0.15, -0.1) is 0 Å². The van der Waals surface area contributed by atoms with Crippen molar-refractivity contribution in [3.63, 3.8) is 0 Å². The Bertz CT molecular complexity index is 126. The van der Waals surface area contributed by atoms with Crippen LogP contribution in [-0.4, -0.2) is 29.2 Å². The molecule has 0 aromatic carbocycles. The zero-order valence-electron chi connectivity index (χ0n) is 6.66. The quantitative estimate of drug-likeness (QED) is 0.606. The lowest BCUT2D eigenvalue weighted by Crippen LogP contribution is -2.47. The normalized spacial score (nSPS) is 17.5. The number of nitrogens with one attached hydrogen (secondary N) is 1. The van der Waals surface area contributed by atoms with Crippen molar-refractivity contribution in [3.8, 4) is 0 Å². The molecule has 0 aliphatic carbocycles. The Morgan fingerprint density at radius 3 is 2.25 bits per heavy atom. The maximum Gasteiger partial charge on any atom is 0.404 e. The monoisotopic (exact) mass is 296 g/mol. The highest BCUT2D eigenvalue weighted by atomic mass is 127. The van der Waals surface area contributed by atoms with Crippen molar-refractivity contribution >= 4 is 22.6 Å². The van der Waals surface area contributed by atoms with Gasteiger partial charge in [0, 0.05) is 17.0 Å². The summed E-state index contributed by atoms with van der Waals surface area (Å²) in [7, 11) is 0. The van der Waals surface area contributed by atoms with Gasteiger partial charge in [-0.25, -0.2) is 0 Å². The van der Waals surface area contributed by atoms with Crippen LogP contribution < -0.4 is 11.1 Å². The summed E-state index contributed by atoms with van der Waals surface area (Å²) >= 11 is 1.70. The van der Waals surface area contributed by atoms with Crippen LogP contribution >= 0.6 is 22.6 Å². The van der Waals surface area contributed by atoms with Gasteiger partial charge in [0.25, 0.3) is 0 Å². The molecule has 6 heteroatoms. The molecule has 0 saturated heterocycles. The van der Waals surface area contributed by atoms with Gasteiger partial charge in [-0.2, -0.15) is 13.2 Å². The molecule has 2 atom stereocenters. The minimum Gasteiger partial charge on any atom is -0.327 e. The molecular formula is C6H12F3IN2. The molecule has 0 aromatic heterocycles. The topological polar surface area (TPSA) is 38.0 Å². The van der Waals surface area contributed by atoms with E-state index in [1.807, 2.05) is 0 Å². The fourth-order valence-electron chi connectivity index (χ4n) is 0.586. The minimum absolute atomic E-state index is 0.00792. The average Bonchev–Trinajstić information content (AvgIpc) is 1.85. The zero-order chi connectivity index (χ0) is 9.78. The molecule has 0 amide bonds. The summed E-state index contributed by atoms with van der Waals surface area (Å²) in [5.41, 5.74) is 5.31. The fraction of sp³-hybridized carbons (Fsp3) is 1.00. The second-order valence-corrected chi connectivity index (χ2v) is 3.51. The Balaban J connectivity index is 3.84. The standard InChI is InChI=1S/C6H12F3IN2/c1-4(11)3-12-5(2-10)6(7,8)9/h4-5,12H,2-3,11H2,1H3/t4-,5?/m0/s1. The SMILES string of the molecule is C[C@H](N)CNC(CI)C(F)(F)F. The van der Waals surface area contributed by atoms with Crippen molar-refractivity contribution in [1.29, 1.82) is 0 Å². The molecule has 0 heterocycles. The third-order valence-corrected chi connectivity index (χ3v) is 2.12. The van der Waals surface area contributed by atoms with Gasteiger partial charge >= 0.3 is 6.18 Å². The maximum absolute atomic E-state index is 12.1. The number of halogens is 4. The van der Waals surface area contributed by atoms with Gasteiger partial charge in [0.15, 0.2) is 0 Å². The van der Waals surface area contributed by atoms with E-state index in [4.69, 9.17) is 5.73 Å². The maximum atomic E-state index is 12.1. The van der Waals surface area contributed by atoms with Gasteiger partial charge in [0.2, 0.25) is 0 Å². The van der Waals surface area contributed by atoms with Crippen LogP contribution in [0.1, 0.15) is 6.92 Å². The van der Waals surface area contributed by atoms with Gasteiger partial charge in [0.05, 0.1) is 0 Å². The van der Waals surface area contributed by atoms with E-state index in [-0.39, 0.29) is 17.0 Å².